The molecule has 16 heavy (non-hydrogen) atoms. The Morgan fingerprint density at radius 2 is 2.25 bits per heavy atom. The van der Waals surface area contributed by atoms with Gasteiger partial charge in [-0.05, 0) is 19.8 Å². The molecule has 0 amide bonds. The molecule has 0 unspecified atom stereocenters. The molecule has 0 radical (unpaired) electrons. The van der Waals surface area contributed by atoms with Gasteiger partial charge in [0.15, 0.2) is 0 Å². The average molecular weight is 216 g/mol. The second-order valence-corrected chi connectivity index (χ2v) is 3.63. The molecule has 0 saturated carbocycles. The van der Waals surface area contributed by atoms with Gasteiger partial charge in [0.1, 0.15) is 17.5 Å². The summed E-state index contributed by atoms with van der Waals surface area (Å²) in [4.78, 5) is 0. The molecule has 1 rings (SSSR count). The highest BCUT2D eigenvalue weighted by Crippen LogP contribution is 2.17. The van der Waals surface area contributed by atoms with Gasteiger partial charge in [0, 0.05) is 20.0 Å². The molecule has 0 aliphatic heterocycles. The summed E-state index contributed by atoms with van der Waals surface area (Å²) in [5.41, 5.74) is 1.38. The fraction of sp³-hybridized carbons (Fsp3) is 0.500. The highest BCUT2D eigenvalue weighted by molar-refractivity contribution is 5.54. The van der Waals surface area contributed by atoms with Crippen LogP contribution in [0.4, 0.5) is 5.82 Å². The van der Waals surface area contributed by atoms with E-state index in [-0.39, 0.29) is 0 Å². The smallest absolute Gasteiger partial charge is 0.142 e. The van der Waals surface area contributed by atoms with Crippen LogP contribution in [0.3, 0.4) is 0 Å². The predicted octanol–water partition coefficient (Wildman–Crippen LogP) is 1.82. The Bertz CT molecular complexity index is 431. The Labute approximate surface area is 96.3 Å². The van der Waals surface area contributed by atoms with Gasteiger partial charge in [-0.25, -0.2) is 0 Å². The van der Waals surface area contributed by atoms with Crippen LogP contribution in [0.2, 0.25) is 0 Å². The van der Waals surface area contributed by atoms with Crippen molar-refractivity contribution in [3.05, 3.63) is 11.3 Å². The van der Waals surface area contributed by atoms with Crippen LogP contribution in [0, 0.1) is 30.6 Å². The van der Waals surface area contributed by atoms with Crippen molar-refractivity contribution in [1.29, 1.82) is 5.26 Å². The van der Waals surface area contributed by atoms with Crippen molar-refractivity contribution >= 4 is 5.82 Å². The van der Waals surface area contributed by atoms with Crippen LogP contribution in [0.15, 0.2) is 0 Å². The number of nitrogens with one attached hydrogen (secondary N) is 1. The van der Waals surface area contributed by atoms with Gasteiger partial charge >= 0.3 is 0 Å². The van der Waals surface area contributed by atoms with E-state index in [4.69, 9.17) is 11.7 Å². The first-order valence-electron chi connectivity index (χ1n) is 5.31. The molecule has 0 aliphatic rings. The lowest BCUT2D eigenvalue weighted by molar-refractivity contribution is 0.741. The minimum Gasteiger partial charge on any atom is -0.369 e. The highest BCUT2D eigenvalue weighted by atomic mass is 15.3. The molecular formula is C12H16N4. The van der Waals surface area contributed by atoms with Gasteiger partial charge < -0.3 is 5.32 Å². The zero-order valence-corrected chi connectivity index (χ0v) is 9.75. The number of terminal acetylenes is 1. The van der Waals surface area contributed by atoms with E-state index in [1.165, 1.54) is 0 Å². The molecular weight excluding hydrogens is 200 g/mol. The normalized spacial score (nSPS) is 9.50. The molecule has 1 aromatic rings. The van der Waals surface area contributed by atoms with E-state index in [1.807, 2.05) is 14.0 Å². The molecule has 0 aliphatic carbocycles. The number of rotatable bonds is 5. The van der Waals surface area contributed by atoms with Gasteiger partial charge in [-0.15, -0.1) is 12.3 Å². The van der Waals surface area contributed by atoms with Gasteiger partial charge in [-0.1, -0.05) is 0 Å². The lowest BCUT2D eigenvalue weighted by Gasteiger charge is -2.05. The monoisotopic (exact) mass is 216 g/mol. The van der Waals surface area contributed by atoms with Crippen molar-refractivity contribution in [3.8, 4) is 18.4 Å². The SMILES string of the molecule is C#CCCCCNc1c(C#N)c(C)nn1C. The first-order valence-corrected chi connectivity index (χ1v) is 5.31. The van der Waals surface area contributed by atoms with Crippen LogP contribution in [0.5, 0.6) is 0 Å². The maximum absolute atomic E-state index is 8.98. The van der Waals surface area contributed by atoms with Crippen molar-refractivity contribution < 1.29 is 0 Å². The predicted molar refractivity (Wildman–Crippen MR) is 63.8 cm³/mol. The van der Waals surface area contributed by atoms with Gasteiger partial charge in [0.2, 0.25) is 0 Å². The number of hydrogen-bond acceptors (Lipinski definition) is 3. The van der Waals surface area contributed by atoms with Crippen molar-refractivity contribution in [2.24, 2.45) is 7.05 Å². The summed E-state index contributed by atoms with van der Waals surface area (Å²) in [6.45, 7) is 2.65. The Balaban J connectivity index is 2.55. The summed E-state index contributed by atoms with van der Waals surface area (Å²) >= 11 is 0. The first kappa shape index (κ1) is 12.1. The first-order chi connectivity index (χ1) is 7.70. The standard InChI is InChI=1S/C12H16N4/c1-4-5-6-7-8-14-12-11(9-13)10(2)15-16(12)3/h1,14H,5-8H2,2-3H3. The topological polar surface area (TPSA) is 53.6 Å². The van der Waals surface area contributed by atoms with Gasteiger partial charge in [-0.3, -0.25) is 4.68 Å². The molecule has 0 aromatic carbocycles. The minimum atomic E-state index is 0.624. The van der Waals surface area contributed by atoms with E-state index in [0.29, 0.717) is 5.56 Å². The number of anilines is 1. The second kappa shape index (κ2) is 5.82. The highest BCUT2D eigenvalue weighted by Gasteiger charge is 2.11. The fourth-order valence-corrected chi connectivity index (χ4v) is 1.55. The summed E-state index contributed by atoms with van der Waals surface area (Å²) in [5, 5.41) is 16.4. The van der Waals surface area contributed by atoms with E-state index in [1.54, 1.807) is 4.68 Å². The summed E-state index contributed by atoms with van der Waals surface area (Å²) in [6.07, 6.45) is 7.97. The van der Waals surface area contributed by atoms with Crippen LogP contribution >= 0.6 is 0 Å². The molecule has 1 aromatic heterocycles. The third kappa shape index (κ3) is 2.77. The minimum absolute atomic E-state index is 0.624. The van der Waals surface area contributed by atoms with Crippen molar-refractivity contribution in [2.75, 3.05) is 11.9 Å². The third-order valence-corrected chi connectivity index (χ3v) is 2.37. The second-order valence-electron chi connectivity index (χ2n) is 3.63. The van der Waals surface area contributed by atoms with Crippen LogP contribution < -0.4 is 5.32 Å². The zero-order valence-electron chi connectivity index (χ0n) is 9.75. The number of aryl methyl sites for hydroxylation is 2. The molecule has 84 valence electrons. The van der Waals surface area contributed by atoms with Crippen molar-refractivity contribution in [1.82, 2.24) is 9.78 Å². The van der Waals surface area contributed by atoms with Crippen LogP contribution in [-0.4, -0.2) is 16.3 Å². The number of nitriles is 1. The quantitative estimate of drug-likeness (QED) is 0.603. The lowest BCUT2D eigenvalue weighted by atomic mass is 10.2. The maximum atomic E-state index is 8.98. The maximum Gasteiger partial charge on any atom is 0.142 e. The van der Waals surface area contributed by atoms with Gasteiger partial charge in [0.05, 0.1) is 5.69 Å². The Morgan fingerprint density at radius 3 is 2.88 bits per heavy atom. The average Bonchev–Trinajstić information content (AvgIpc) is 2.53. The van der Waals surface area contributed by atoms with Gasteiger partial charge in [-0.2, -0.15) is 10.4 Å². The van der Waals surface area contributed by atoms with E-state index in [2.05, 4.69) is 22.4 Å². The van der Waals surface area contributed by atoms with E-state index in [0.717, 1.165) is 37.3 Å². The molecule has 1 heterocycles. The molecule has 1 N–H and O–H groups in total. The number of nitrogens with zero attached hydrogens (tertiary/aromatic N) is 3. The molecule has 0 fully saturated rings. The lowest BCUT2D eigenvalue weighted by Crippen LogP contribution is -2.07. The van der Waals surface area contributed by atoms with Crippen LogP contribution in [-0.2, 0) is 7.05 Å². The Kier molecular flexibility index (Phi) is 4.42. The molecule has 0 spiro atoms. The molecule has 0 saturated heterocycles. The Hall–Kier alpha value is -1.94. The largest absolute Gasteiger partial charge is 0.369 e. The third-order valence-electron chi connectivity index (χ3n) is 2.37. The zero-order chi connectivity index (χ0) is 12.0. The van der Waals surface area contributed by atoms with E-state index >= 15 is 0 Å². The summed E-state index contributed by atoms with van der Waals surface area (Å²) in [7, 11) is 1.83. The molecule has 4 nitrogen and oxygen atoms in total. The van der Waals surface area contributed by atoms with E-state index in [9.17, 15) is 0 Å². The molecule has 0 bridgehead atoms. The van der Waals surface area contributed by atoms with Gasteiger partial charge in [0.25, 0.3) is 0 Å². The molecule has 4 heteroatoms. The Morgan fingerprint density at radius 1 is 1.50 bits per heavy atom. The van der Waals surface area contributed by atoms with Crippen molar-refractivity contribution in [2.45, 2.75) is 26.2 Å². The number of aromatic nitrogens is 2. The fourth-order valence-electron chi connectivity index (χ4n) is 1.55. The van der Waals surface area contributed by atoms with Crippen LogP contribution in [0.25, 0.3) is 0 Å². The van der Waals surface area contributed by atoms with Crippen LogP contribution in [0.1, 0.15) is 30.5 Å². The molecule has 0 atom stereocenters. The van der Waals surface area contributed by atoms with E-state index < -0.39 is 0 Å². The number of hydrogen-bond donors (Lipinski definition) is 1. The summed E-state index contributed by atoms with van der Waals surface area (Å²) in [6, 6.07) is 2.16. The summed E-state index contributed by atoms with van der Waals surface area (Å²) in [5.74, 6) is 3.40. The number of unbranched alkanes of at least 4 members (excludes halogenated alkanes) is 2. The summed E-state index contributed by atoms with van der Waals surface area (Å²) < 4.78 is 1.70. The van der Waals surface area contributed by atoms with Crippen molar-refractivity contribution in [3.63, 3.8) is 0 Å².